The summed E-state index contributed by atoms with van der Waals surface area (Å²) in [6.45, 7) is 4.97. The number of ether oxygens (including phenoxy) is 1. The highest BCUT2D eigenvalue weighted by Crippen LogP contribution is 2.13. The zero-order valence-electron chi connectivity index (χ0n) is 11.3. The van der Waals surface area contributed by atoms with Crippen molar-refractivity contribution in [2.24, 2.45) is 0 Å². The Hall–Kier alpha value is -1.75. The van der Waals surface area contributed by atoms with E-state index in [1.54, 1.807) is 0 Å². The third kappa shape index (κ3) is 3.61. The van der Waals surface area contributed by atoms with Gasteiger partial charge in [0.15, 0.2) is 0 Å². The van der Waals surface area contributed by atoms with E-state index in [2.05, 4.69) is 10.2 Å². The molecular formula is C14H21N3O2. The first-order valence-electron chi connectivity index (χ1n) is 6.71. The molecule has 2 rings (SSSR count). The molecule has 104 valence electrons. The molecule has 1 aliphatic heterocycles. The monoisotopic (exact) mass is 263 g/mol. The minimum atomic E-state index is -0.0243. The Labute approximate surface area is 113 Å². The molecule has 5 nitrogen and oxygen atoms in total. The van der Waals surface area contributed by atoms with Gasteiger partial charge in [-0.05, 0) is 30.7 Å². The van der Waals surface area contributed by atoms with Crippen LogP contribution in [0.3, 0.4) is 0 Å². The molecule has 0 saturated carbocycles. The summed E-state index contributed by atoms with van der Waals surface area (Å²) in [5.41, 5.74) is 6.34. The molecule has 1 amide bonds. The topological polar surface area (TPSA) is 67.6 Å². The van der Waals surface area contributed by atoms with Gasteiger partial charge in [-0.1, -0.05) is 6.92 Å². The third-order valence-electron chi connectivity index (χ3n) is 3.36. The first kappa shape index (κ1) is 13.7. The molecule has 1 fully saturated rings. The number of nitrogens with one attached hydrogen (secondary N) is 1. The van der Waals surface area contributed by atoms with Crippen LogP contribution in [0.2, 0.25) is 0 Å². The zero-order valence-corrected chi connectivity index (χ0v) is 11.3. The summed E-state index contributed by atoms with van der Waals surface area (Å²) in [5.74, 6) is 0.935. The number of piperazine rings is 1. The number of carbonyl (C=O) groups excluding carboxylic acids is 1. The predicted octanol–water partition coefficient (Wildman–Crippen LogP) is 0.858. The van der Waals surface area contributed by atoms with Crippen molar-refractivity contribution >= 4 is 11.6 Å². The molecule has 0 aliphatic carbocycles. The van der Waals surface area contributed by atoms with E-state index in [1.807, 2.05) is 31.2 Å². The number of carbonyl (C=O) groups is 1. The molecule has 1 atom stereocenters. The highest BCUT2D eigenvalue weighted by molar-refractivity contribution is 5.82. The van der Waals surface area contributed by atoms with Crippen LogP contribution in [-0.4, -0.2) is 43.1 Å². The fourth-order valence-corrected chi connectivity index (χ4v) is 2.32. The van der Waals surface area contributed by atoms with Gasteiger partial charge in [0.25, 0.3) is 0 Å². The van der Waals surface area contributed by atoms with E-state index in [0.717, 1.165) is 37.5 Å². The molecule has 0 bridgehead atoms. The fourth-order valence-electron chi connectivity index (χ4n) is 2.32. The van der Waals surface area contributed by atoms with Crippen LogP contribution in [0.4, 0.5) is 5.69 Å². The van der Waals surface area contributed by atoms with Gasteiger partial charge < -0.3 is 15.8 Å². The molecule has 0 radical (unpaired) electrons. The van der Waals surface area contributed by atoms with Crippen LogP contribution in [0.5, 0.6) is 5.75 Å². The summed E-state index contributed by atoms with van der Waals surface area (Å²) in [6.07, 6.45) is 0.827. The summed E-state index contributed by atoms with van der Waals surface area (Å²) in [7, 11) is 0. The van der Waals surface area contributed by atoms with Crippen molar-refractivity contribution < 1.29 is 9.53 Å². The van der Waals surface area contributed by atoms with E-state index in [1.165, 1.54) is 0 Å². The Morgan fingerprint density at radius 2 is 2.16 bits per heavy atom. The molecule has 1 aliphatic rings. The lowest BCUT2D eigenvalue weighted by atomic mass is 10.1. The molecule has 1 heterocycles. The van der Waals surface area contributed by atoms with E-state index in [0.29, 0.717) is 6.61 Å². The number of hydrogen-bond donors (Lipinski definition) is 2. The van der Waals surface area contributed by atoms with Crippen molar-refractivity contribution in [2.75, 3.05) is 32.0 Å². The van der Waals surface area contributed by atoms with Crippen LogP contribution >= 0.6 is 0 Å². The van der Waals surface area contributed by atoms with E-state index in [4.69, 9.17) is 10.5 Å². The van der Waals surface area contributed by atoms with Gasteiger partial charge >= 0.3 is 0 Å². The number of rotatable bonds is 5. The highest BCUT2D eigenvalue weighted by atomic mass is 16.5. The second-order valence-corrected chi connectivity index (χ2v) is 4.67. The van der Waals surface area contributed by atoms with Gasteiger partial charge in [-0.3, -0.25) is 9.69 Å². The van der Waals surface area contributed by atoms with Crippen LogP contribution in [0.1, 0.15) is 13.3 Å². The second-order valence-electron chi connectivity index (χ2n) is 4.67. The highest BCUT2D eigenvalue weighted by Gasteiger charge is 2.27. The average Bonchev–Trinajstić information content (AvgIpc) is 2.41. The molecule has 0 spiro atoms. The molecule has 1 unspecified atom stereocenters. The number of nitrogens with two attached hydrogens (primary N) is 1. The Morgan fingerprint density at radius 1 is 1.42 bits per heavy atom. The summed E-state index contributed by atoms with van der Waals surface area (Å²) >= 11 is 0. The maximum atomic E-state index is 11.7. The number of nitrogen functional groups attached to an aromatic ring is 1. The summed E-state index contributed by atoms with van der Waals surface area (Å²) < 4.78 is 5.66. The van der Waals surface area contributed by atoms with E-state index in [-0.39, 0.29) is 11.9 Å². The summed E-state index contributed by atoms with van der Waals surface area (Å²) in [5, 5.41) is 2.89. The molecule has 1 aromatic rings. The number of amides is 1. The van der Waals surface area contributed by atoms with Gasteiger partial charge in [0.05, 0.1) is 6.04 Å². The second kappa shape index (κ2) is 6.43. The maximum absolute atomic E-state index is 11.7. The largest absolute Gasteiger partial charge is 0.492 e. The molecule has 3 N–H and O–H groups in total. The number of anilines is 1. The van der Waals surface area contributed by atoms with Gasteiger partial charge in [-0.15, -0.1) is 0 Å². The number of hydrogen-bond acceptors (Lipinski definition) is 4. The number of benzene rings is 1. The first-order chi connectivity index (χ1) is 9.20. The van der Waals surface area contributed by atoms with E-state index < -0.39 is 0 Å². The number of nitrogens with zero attached hydrogens (tertiary/aromatic N) is 1. The minimum Gasteiger partial charge on any atom is -0.492 e. The van der Waals surface area contributed by atoms with Crippen LogP contribution in [0.25, 0.3) is 0 Å². The standard InChI is InChI=1S/C14H21N3O2/c1-2-13-14(18)16-7-8-17(13)9-10-19-12-5-3-11(15)4-6-12/h3-6,13H,2,7-10,15H2,1H3,(H,16,18). The molecule has 1 aromatic carbocycles. The van der Waals surface area contributed by atoms with Crippen LogP contribution < -0.4 is 15.8 Å². The van der Waals surface area contributed by atoms with Crippen molar-refractivity contribution in [2.45, 2.75) is 19.4 Å². The molecular weight excluding hydrogens is 242 g/mol. The van der Waals surface area contributed by atoms with Gasteiger partial charge in [-0.2, -0.15) is 0 Å². The van der Waals surface area contributed by atoms with Crippen LogP contribution in [-0.2, 0) is 4.79 Å². The fraction of sp³-hybridized carbons (Fsp3) is 0.500. The Bertz CT molecular complexity index is 419. The normalized spacial score (nSPS) is 20.1. The maximum Gasteiger partial charge on any atom is 0.237 e. The smallest absolute Gasteiger partial charge is 0.237 e. The molecule has 1 saturated heterocycles. The van der Waals surface area contributed by atoms with Crippen LogP contribution in [0.15, 0.2) is 24.3 Å². The summed E-state index contributed by atoms with van der Waals surface area (Å²) in [4.78, 5) is 13.9. The van der Waals surface area contributed by atoms with E-state index >= 15 is 0 Å². The van der Waals surface area contributed by atoms with Crippen molar-refractivity contribution in [3.63, 3.8) is 0 Å². The molecule has 5 heteroatoms. The first-order valence-corrected chi connectivity index (χ1v) is 6.71. The molecule has 0 aromatic heterocycles. The Morgan fingerprint density at radius 3 is 2.84 bits per heavy atom. The lowest BCUT2D eigenvalue weighted by molar-refractivity contribution is -0.129. The van der Waals surface area contributed by atoms with E-state index in [9.17, 15) is 4.79 Å². The average molecular weight is 263 g/mol. The Balaban J connectivity index is 1.81. The van der Waals surface area contributed by atoms with Crippen molar-refractivity contribution in [3.05, 3.63) is 24.3 Å². The molecule has 19 heavy (non-hydrogen) atoms. The van der Waals surface area contributed by atoms with Crippen molar-refractivity contribution in [3.8, 4) is 5.75 Å². The Kier molecular flexibility index (Phi) is 4.63. The van der Waals surface area contributed by atoms with Gasteiger partial charge in [-0.25, -0.2) is 0 Å². The van der Waals surface area contributed by atoms with Gasteiger partial charge in [0.2, 0.25) is 5.91 Å². The zero-order chi connectivity index (χ0) is 13.7. The van der Waals surface area contributed by atoms with Gasteiger partial charge in [0, 0.05) is 25.3 Å². The predicted molar refractivity (Wildman–Crippen MR) is 75.0 cm³/mol. The van der Waals surface area contributed by atoms with Gasteiger partial charge in [0.1, 0.15) is 12.4 Å². The van der Waals surface area contributed by atoms with Crippen molar-refractivity contribution in [1.29, 1.82) is 0 Å². The third-order valence-corrected chi connectivity index (χ3v) is 3.36. The van der Waals surface area contributed by atoms with Crippen molar-refractivity contribution in [1.82, 2.24) is 10.2 Å². The lowest BCUT2D eigenvalue weighted by Crippen LogP contribution is -2.55. The minimum absolute atomic E-state index is 0.0243. The SMILES string of the molecule is CCC1C(=O)NCCN1CCOc1ccc(N)cc1. The summed E-state index contributed by atoms with van der Waals surface area (Å²) in [6, 6.07) is 7.33. The quantitative estimate of drug-likeness (QED) is 0.773. The van der Waals surface area contributed by atoms with Crippen LogP contribution in [0, 0.1) is 0 Å². The lowest BCUT2D eigenvalue weighted by Gasteiger charge is -2.34.